The fourth-order valence-corrected chi connectivity index (χ4v) is 7.14. The normalized spacial score (nSPS) is 12.7. The van der Waals surface area contributed by atoms with E-state index < -0.39 is 5.41 Å². The van der Waals surface area contributed by atoms with E-state index >= 15 is 0 Å². The van der Waals surface area contributed by atoms with E-state index in [2.05, 4.69) is 146 Å². The molecule has 0 saturated carbocycles. The van der Waals surface area contributed by atoms with Crippen LogP contribution in [0.25, 0.3) is 45.3 Å². The minimum atomic E-state index is -0.645. The van der Waals surface area contributed by atoms with Crippen molar-refractivity contribution >= 4 is 0 Å². The SMILES string of the molecule is c1ccc(-c2ccc(-c3nc(-c4ccccc4)nc(-c4ccc5c(c4)C(c4ccccc4)(c4ccccc4)c4ccccc4O5)n3)cc2)cc1. The van der Waals surface area contributed by atoms with Crippen LogP contribution in [0.4, 0.5) is 0 Å². The van der Waals surface area contributed by atoms with Gasteiger partial charge in [-0.2, -0.15) is 0 Å². The van der Waals surface area contributed by atoms with Crippen LogP contribution in [0.1, 0.15) is 22.3 Å². The van der Waals surface area contributed by atoms with Crippen LogP contribution >= 0.6 is 0 Å². The highest BCUT2D eigenvalue weighted by atomic mass is 16.5. The highest BCUT2D eigenvalue weighted by Gasteiger charge is 2.45. The van der Waals surface area contributed by atoms with E-state index in [1.807, 2.05) is 42.5 Å². The van der Waals surface area contributed by atoms with Gasteiger partial charge in [-0.05, 0) is 46.5 Å². The average molecular weight is 642 g/mol. The van der Waals surface area contributed by atoms with Crippen molar-refractivity contribution in [1.29, 1.82) is 0 Å². The molecule has 7 aromatic carbocycles. The predicted octanol–water partition coefficient (Wildman–Crippen LogP) is 11.0. The van der Waals surface area contributed by atoms with Gasteiger partial charge >= 0.3 is 0 Å². The van der Waals surface area contributed by atoms with Crippen LogP contribution in [0.15, 0.2) is 188 Å². The van der Waals surface area contributed by atoms with Crippen molar-refractivity contribution in [3.63, 3.8) is 0 Å². The third-order valence-electron chi connectivity index (χ3n) is 9.48. The van der Waals surface area contributed by atoms with Crippen LogP contribution in [-0.2, 0) is 5.41 Å². The molecule has 1 aliphatic heterocycles. The largest absolute Gasteiger partial charge is 0.457 e. The van der Waals surface area contributed by atoms with Gasteiger partial charge in [0.15, 0.2) is 17.5 Å². The summed E-state index contributed by atoms with van der Waals surface area (Å²) in [7, 11) is 0. The molecule has 0 atom stereocenters. The summed E-state index contributed by atoms with van der Waals surface area (Å²) in [6, 6.07) is 64.9. The zero-order valence-corrected chi connectivity index (χ0v) is 27.1. The fraction of sp³-hybridized carbons (Fsp3) is 0.0217. The molecule has 2 heterocycles. The molecule has 0 unspecified atom stereocenters. The molecule has 0 N–H and O–H groups in total. The van der Waals surface area contributed by atoms with Gasteiger partial charge in [-0.1, -0.05) is 164 Å². The van der Waals surface area contributed by atoms with Crippen molar-refractivity contribution in [3.05, 3.63) is 210 Å². The van der Waals surface area contributed by atoms with Crippen LogP contribution in [0.5, 0.6) is 11.5 Å². The van der Waals surface area contributed by atoms with E-state index in [4.69, 9.17) is 19.7 Å². The molecule has 4 nitrogen and oxygen atoms in total. The first-order valence-corrected chi connectivity index (χ1v) is 16.8. The quantitative estimate of drug-likeness (QED) is 0.181. The second-order valence-corrected chi connectivity index (χ2v) is 12.4. The molecule has 1 aliphatic rings. The van der Waals surface area contributed by atoms with Gasteiger partial charge in [0.05, 0.1) is 5.41 Å². The summed E-state index contributed by atoms with van der Waals surface area (Å²) >= 11 is 0. The van der Waals surface area contributed by atoms with Crippen molar-refractivity contribution < 1.29 is 4.74 Å². The van der Waals surface area contributed by atoms with Crippen LogP contribution < -0.4 is 4.74 Å². The number of nitrogens with zero attached hydrogens (tertiary/aromatic N) is 3. The lowest BCUT2D eigenvalue weighted by molar-refractivity contribution is 0.434. The molecule has 1 aromatic heterocycles. The Morgan fingerprint density at radius 2 is 0.720 bits per heavy atom. The number of ether oxygens (including phenoxy) is 1. The Morgan fingerprint density at radius 3 is 1.32 bits per heavy atom. The van der Waals surface area contributed by atoms with E-state index in [0.717, 1.165) is 56.0 Å². The van der Waals surface area contributed by atoms with Crippen LogP contribution in [-0.4, -0.2) is 15.0 Å². The summed E-state index contributed by atoms with van der Waals surface area (Å²) < 4.78 is 6.65. The minimum absolute atomic E-state index is 0.595. The minimum Gasteiger partial charge on any atom is -0.457 e. The van der Waals surface area contributed by atoms with Crippen molar-refractivity contribution in [2.75, 3.05) is 0 Å². The second-order valence-electron chi connectivity index (χ2n) is 12.4. The van der Waals surface area contributed by atoms with Gasteiger partial charge in [0.25, 0.3) is 0 Å². The van der Waals surface area contributed by atoms with Crippen LogP contribution in [0.2, 0.25) is 0 Å². The lowest BCUT2D eigenvalue weighted by Gasteiger charge is -2.41. The molecule has 0 fully saturated rings. The highest BCUT2D eigenvalue weighted by Crippen LogP contribution is 2.55. The van der Waals surface area contributed by atoms with Crippen molar-refractivity contribution in [2.45, 2.75) is 5.41 Å². The Morgan fingerprint density at radius 1 is 0.320 bits per heavy atom. The third kappa shape index (κ3) is 5.06. The van der Waals surface area contributed by atoms with Gasteiger partial charge in [-0.25, -0.2) is 15.0 Å². The molecule has 0 saturated heterocycles. The van der Waals surface area contributed by atoms with E-state index in [1.54, 1.807) is 0 Å². The number of hydrogen-bond acceptors (Lipinski definition) is 4. The first-order valence-electron chi connectivity index (χ1n) is 16.8. The van der Waals surface area contributed by atoms with Gasteiger partial charge in [0.2, 0.25) is 0 Å². The van der Waals surface area contributed by atoms with Crippen molar-refractivity contribution in [1.82, 2.24) is 15.0 Å². The molecule has 9 rings (SSSR count). The first-order chi connectivity index (χ1) is 24.8. The highest BCUT2D eigenvalue weighted by molar-refractivity contribution is 5.75. The van der Waals surface area contributed by atoms with E-state index in [-0.39, 0.29) is 0 Å². The monoisotopic (exact) mass is 641 g/mol. The molecule has 236 valence electrons. The van der Waals surface area contributed by atoms with E-state index in [9.17, 15) is 0 Å². The zero-order chi connectivity index (χ0) is 33.3. The molecule has 8 aromatic rings. The summed E-state index contributed by atoms with van der Waals surface area (Å²) in [5.41, 5.74) is 8.81. The Hall–Kier alpha value is -6.65. The van der Waals surface area contributed by atoms with Crippen molar-refractivity contribution in [3.8, 4) is 56.8 Å². The van der Waals surface area contributed by atoms with Gasteiger partial charge in [-0.15, -0.1) is 0 Å². The average Bonchev–Trinajstić information content (AvgIpc) is 3.21. The number of rotatable bonds is 6. The van der Waals surface area contributed by atoms with Crippen molar-refractivity contribution in [2.24, 2.45) is 0 Å². The number of aromatic nitrogens is 3. The molecule has 0 bridgehead atoms. The molecular weight excluding hydrogens is 611 g/mol. The molecular formula is C46H31N3O. The maximum atomic E-state index is 6.65. The molecule has 4 heteroatoms. The Balaban J connectivity index is 1.25. The smallest absolute Gasteiger partial charge is 0.164 e. The first kappa shape index (κ1) is 29.5. The molecule has 50 heavy (non-hydrogen) atoms. The van der Waals surface area contributed by atoms with Gasteiger partial charge in [0.1, 0.15) is 11.5 Å². The molecule has 0 spiro atoms. The molecule has 0 amide bonds. The maximum Gasteiger partial charge on any atom is 0.164 e. The zero-order valence-electron chi connectivity index (χ0n) is 27.1. The number of hydrogen-bond donors (Lipinski definition) is 0. The number of benzene rings is 7. The molecule has 0 aliphatic carbocycles. The standard InChI is InChI=1S/C46H31N3O/c1-5-15-32(16-6-1)33-25-27-35(28-26-33)44-47-43(34-17-7-2-8-18-34)48-45(49-44)36-29-30-42-40(31-36)46(37-19-9-3-10-20-37,38-21-11-4-12-22-38)39-23-13-14-24-41(39)50-42/h1-31H. The lowest BCUT2D eigenvalue weighted by Crippen LogP contribution is -2.34. The second kappa shape index (κ2) is 12.4. The number of fused-ring (bicyclic) bond motifs is 2. The summed E-state index contributed by atoms with van der Waals surface area (Å²) in [5, 5.41) is 0. The topological polar surface area (TPSA) is 47.9 Å². The summed E-state index contributed by atoms with van der Waals surface area (Å²) in [5.74, 6) is 3.47. The maximum absolute atomic E-state index is 6.65. The van der Waals surface area contributed by atoms with Crippen LogP contribution in [0, 0.1) is 0 Å². The third-order valence-corrected chi connectivity index (χ3v) is 9.48. The van der Waals surface area contributed by atoms with Gasteiger partial charge in [0, 0.05) is 27.8 Å². The Kier molecular flexibility index (Phi) is 7.33. The summed E-state index contributed by atoms with van der Waals surface area (Å²) in [6.45, 7) is 0. The Bertz CT molecular complexity index is 2390. The fourth-order valence-electron chi connectivity index (χ4n) is 7.14. The van der Waals surface area contributed by atoms with E-state index in [1.165, 1.54) is 5.56 Å². The number of para-hydroxylation sites is 1. The van der Waals surface area contributed by atoms with E-state index in [0.29, 0.717) is 17.5 Å². The van der Waals surface area contributed by atoms with Gasteiger partial charge < -0.3 is 4.74 Å². The molecule has 0 radical (unpaired) electrons. The summed E-state index contributed by atoms with van der Waals surface area (Å²) in [4.78, 5) is 15.2. The van der Waals surface area contributed by atoms with Crippen LogP contribution in [0.3, 0.4) is 0 Å². The van der Waals surface area contributed by atoms with Gasteiger partial charge in [-0.3, -0.25) is 0 Å². The summed E-state index contributed by atoms with van der Waals surface area (Å²) in [6.07, 6.45) is 0. The lowest BCUT2D eigenvalue weighted by atomic mass is 9.63. The Labute approximate surface area is 291 Å². The predicted molar refractivity (Wildman–Crippen MR) is 200 cm³/mol.